The van der Waals surface area contributed by atoms with Gasteiger partial charge in [-0.25, -0.2) is 4.79 Å². The summed E-state index contributed by atoms with van der Waals surface area (Å²) in [7, 11) is 0. The number of hydrogen-bond donors (Lipinski definition) is 1. The lowest BCUT2D eigenvalue weighted by Gasteiger charge is -2.34. The highest BCUT2D eigenvalue weighted by Gasteiger charge is 2.29. The molecule has 1 fully saturated rings. The van der Waals surface area contributed by atoms with E-state index in [1.54, 1.807) is 12.1 Å². The van der Waals surface area contributed by atoms with Crippen LogP contribution >= 0.6 is 0 Å². The van der Waals surface area contributed by atoms with E-state index in [9.17, 15) is 9.59 Å². The number of hydrogen-bond acceptors (Lipinski definition) is 5. The van der Waals surface area contributed by atoms with E-state index in [2.05, 4.69) is 4.90 Å². The number of esters is 1. The third-order valence-electron chi connectivity index (χ3n) is 5.47. The number of aliphatic hydroxyl groups is 1. The minimum absolute atomic E-state index is 0.0124. The summed E-state index contributed by atoms with van der Waals surface area (Å²) < 4.78 is 5.59. The van der Waals surface area contributed by atoms with Crippen molar-refractivity contribution in [1.29, 1.82) is 0 Å². The maximum Gasteiger partial charge on any atom is 0.339 e. The van der Waals surface area contributed by atoms with E-state index in [0.717, 1.165) is 24.2 Å². The number of ether oxygens (including phenoxy) is 1. The van der Waals surface area contributed by atoms with Crippen LogP contribution in [-0.2, 0) is 11.2 Å². The zero-order chi connectivity index (χ0) is 19.5. The zero-order valence-electron chi connectivity index (χ0n) is 15.7. The molecule has 1 amide bonds. The van der Waals surface area contributed by atoms with E-state index in [1.165, 1.54) is 0 Å². The van der Waals surface area contributed by atoms with Crippen molar-refractivity contribution in [3.63, 3.8) is 0 Å². The van der Waals surface area contributed by atoms with Crippen LogP contribution in [0.5, 0.6) is 0 Å². The van der Waals surface area contributed by atoms with Gasteiger partial charge < -0.3 is 14.7 Å². The Labute approximate surface area is 164 Å². The minimum Gasteiger partial charge on any atom is -0.454 e. The third kappa shape index (κ3) is 3.79. The van der Waals surface area contributed by atoms with Gasteiger partial charge in [-0.1, -0.05) is 30.3 Å². The van der Waals surface area contributed by atoms with Crippen molar-refractivity contribution in [2.75, 3.05) is 39.3 Å². The van der Waals surface area contributed by atoms with Crippen molar-refractivity contribution >= 4 is 11.9 Å². The highest BCUT2D eigenvalue weighted by atomic mass is 16.5. The number of amides is 1. The highest BCUT2D eigenvalue weighted by Crippen LogP contribution is 2.31. The Balaban J connectivity index is 1.51. The standard InChI is InChI=1S/C22H24N2O4/c25-13-12-23-8-10-24(11-9-23)21(26)17-6-7-19-18(14-17)15-20(28-22(19)27)16-4-2-1-3-5-16/h1-7,14,20,25H,8-13,15H2. The van der Waals surface area contributed by atoms with Gasteiger partial charge in [0.25, 0.3) is 5.91 Å². The van der Waals surface area contributed by atoms with Crippen molar-refractivity contribution in [2.24, 2.45) is 0 Å². The van der Waals surface area contributed by atoms with Crippen LogP contribution in [0.4, 0.5) is 0 Å². The average molecular weight is 380 g/mol. The van der Waals surface area contributed by atoms with Gasteiger partial charge in [0, 0.05) is 44.7 Å². The molecule has 28 heavy (non-hydrogen) atoms. The topological polar surface area (TPSA) is 70.1 Å². The van der Waals surface area contributed by atoms with Crippen LogP contribution in [0.1, 0.15) is 37.9 Å². The fourth-order valence-corrected chi connectivity index (χ4v) is 3.88. The number of nitrogens with zero attached hydrogens (tertiary/aromatic N) is 2. The van der Waals surface area contributed by atoms with Gasteiger partial charge in [0.15, 0.2) is 0 Å². The molecule has 0 aromatic heterocycles. The number of piperazine rings is 1. The molecule has 0 spiro atoms. The molecule has 6 nitrogen and oxygen atoms in total. The van der Waals surface area contributed by atoms with Gasteiger partial charge >= 0.3 is 5.97 Å². The first kappa shape index (κ1) is 18.7. The molecule has 1 N–H and O–H groups in total. The molecule has 0 saturated carbocycles. The van der Waals surface area contributed by atoms with E-state index in [-0.39, 0.29) is 24.6 Å². The second-order valence-corrected chi connectivity index (χ2v) is 7.24. The van der Waals surface area contributed by atoms with Crippen LogP contribution < -0.4 is 0 Å². The first-order valence-electron chi connectivity index (χ1n) is 9.67. The van der Waals surface area contributed by atoms with Gasteiger partial charge in [-0.3, -0.25) is 9.69 Å². The number of aliphatic hydroxyl groups excluding tert-OH is 1. The summed E-state index contributed by atoms with van der Waals surface area (Å²) in [5.41, 5.74) is 2.96. The van der Waals surface area contributed by atoms with Crippen molar-refractivity contribution in [3.05, 3.63) is 70.8 Å². The van der Waals surface area contributed by atoms with E-state index >= 15 is 0 Å². The largest absolute Gasteiger partial charge is 0.454 e. The normalized spacial score (nSPS) is 19.8. The van der Waals surface area contributed by atoms with Crippen LogP contribution in [-0.4, -0.2) is 66.1 Å². The van der Waals surface area contributed by atoms with Crippen LogP contribution in [0.15, 0.2) is 48.5 Å². The SMILES string of the molecule is O=C1OC(c2ccccc2)Cc2cc(C(=O)N3CCN(CCO)CC3)ccc21. The molecule has 2 heterocycles. The summed E-state index contributed by atoms with van der Waals surface area (Å²) >= 11 is 0. The maximum absolute atomic E-state index is 12.9. The molecule has 146 valence electrons. The Morgan fingerprint density at radius 1 is 1.07 bits per heavy atom. The summed E-state index contributed by atoms with van der Waals surface area (Å²) in [6.07, 6.45) is 0.241. The second-order valence-electron chi connectivity index (χ2n) is 7.24. The number of benzene rings is 2. The van der Waals surface area contributed by atoms with Crippen molar-refractivity contribution in [2.45, 2.75) is 12.5 Å². The lowest BCUT2D eigenvalue weighted by molar-refractivity contribution is 0.0252. The number of carbonyl (C=O) groups is 2. The van der Waals surface area contributed by atoms with Gasteiger partial charge in [0.05, 0.1) is 12.2 Å². The number of carbonyl (C=O) groups excluding carboxylic acids is 2. The molecule has 1 unspecified atom stereocenters. The highest BCUT2D eigenvalue weighted by molar-refractivity contribution is 5.97. The molecule has 1 atom stereocenters. The molecular weight excluding hydrogens is 356 g/mol. The predicted molar refractivity (Wildman–Crippen MR) is 104 cm³/mol. The Morgan fingerprint density at radius 3 is 2.54 bits per heavy atom. The fourth-order valence-electron chi connectivity index (χ4n) is 3.88. The summed E-state index contributed by atoms with van der Waals surface area (Å²) in [6, 6.07) is 14.9. The maximum atomic E-state index is 12.9. The Kier molecular flexibility index (Phi) is 5.41. The van der Waals surface area contributed by atoms with E-state index in [1.807, 2.05) is 41.3 Å². The molecule has 2 aliphatic heterocycles. The minimum atomic E-state index is -0.341. The molecule has 4 rings (SSSR count). The molecular formula is C22H24N2O4. The van der Waals surface area contributed by atoms with E-state index in [4.69, 9.17) is 9.84 Å². The Morgan fingerprint density at radius 2 is 1.82 bits per heavy atom. The first-order valence-corrected chi connectivity index (χ1v) is 9.67. The zero-order valence-corrected chi connectivity index (χ0v) is 15.7. The number of rotatable bonds is 4. The van der Waals surface area contributed by atoms with Gasteiger partial charge in [-0.2, -0.15) is 0 Å². The smallest absolute Gasteiger partial charge is 0.339 e. The Bertz CT molecular complexity index is 860. The van der Waals surface area contributed by atoms with Crippen LogP contribution in [0.25, 0.3) is 0 Å². The van der Waals surface area contributed by atoms with Crippen LogP contribution in [0.2, 0.25) is 0 Å². The molecule has 2 aliphatic rings. The monoisotopic (exact) mass is 380 g/mol. The van der Waals surface area contributed by atoms with E-state index in [0.29, 0.717) is 37.2 Å². The van der Waals surface area contributed by atoms with Gasteiger partial charge in [0.2, 0.25) is 0 Å². The summed E-state index contributed by atoms with van der Waals surface area (Å²) in [4.78, 5) is 29.3. The van der Waals surface area contributed by atoms with Crippen LogP contribution in [0, 0.1) is 0 Å². The third-order valence-corrected chi connectivity index (χ3v) is 5.47. The second kappa shape index (κ2) is 8.12. The molecule has 1 saturated heterocycles. The average Bonchev–Trinajstić information content (AvgIpc) is 2.74. The van der Waals surface area contributed by atoms with Crippen molar-refractivity contribution in [1.82, 2.24) is 9.80 Å². The quantitative estimate of drug-likeness (QED) is 0.821. The first-order chi connectivity index (χ1) is 13.7. The predicted octanol–water partition coefficient (Wildman–Crippen LogP) is 1.89. The molecule has 0 aliphatic carbocycles. The molecule has 2 aromatic rings. The Hall–Kier alpha value is -2.70. The van der Waals surface area contributed by atoms with Gasteiger partial charge in [0.1, 0.15) is 6.10 Å². The lowest BCUT2D eigenvalue weighted by atomic mass is 9.93. The molecule has 6 heteroatoms. The number of fused-ring (bicyclic) bond motifs is 1. The van der Waals surface area contributed by atoms with Gasteiger partial charge in [-0.15, -0.1) is 0 Å². The fraction of sp³-hybridized carbons (Fsp3) is 0.364. The summed E-state index contributed by atoms with van der Waals surface area (Å²) in [6.45, 7) is 3.59. The molecule has 0 radical (unpaired) electrons. The number of β-amino-alcohol motifs (C(OH)–C–C–N with tert-alkyl or cyclic N) is 1. The van der Waals surface area contributed by atoms with Crippen molar-refractivity contribution < 1.29 is 19.4 Å². The molecule has 0 bridgehead atoms. The number of cyclic esters (lactones) is 1. The summed E-state index contributed by atoms with van der Waals surface area (Å²) in [5, 5.41) is 9.05. The lowest BCUT2D eigenvalue weighted by Crippen LogP contribution is -2.49. The van der Waals surface area contributed by atoms with Gasteiger partial charge in [-0.05, 0) is 29.3 Å². The summed E-state index contributed by atoms with van der Waals surface area (Å²) in [5.74, 6) is -0.353. The van der Waals surface area contributed by atoms with E-state index < -0.39 is 0 Å². The van der Waals surface area contributed by atoms with Crippen molar-refractivity contribution in [3.8, 4) is 0 Å². The molecule has 2 aromatic carbocycles. The van der Waals surface area contributed by atoms with Crippen LogP contribution in [0.3, 0.4) is 0 Å².